The molecule has 0 bridgehead atoms. The van der Waals surface area contributed by atoms with Crippen molar-refractivity contribution in [2.24, 2.45) is 17.3 Å². The third-order valence-electron chi connectivity index (χ3n) is 4.69. The topological polar surface area (TPSA) is 0 Å². The average molecular weight is 210 g/mol. The Hall–Kier alpha value is 0. The van der Waals surface area contributed by atoms with E-state index in [0.717, 1.165) is 17.3 Å². The van der Waals surface area contributed by atoms with Gasteiger partial charge in [-0.05, 0) is 30.1 Å². The lowest BCUT2D eigenvalue weighted by Crippen LogP contribution is -1.96. The summed E-state index contributed by atoms with van der Waals surface area (Å²) in [7, 11) is 0. The summed E-state index contributed by atoms with van der Waals surface area (Å²) < 4.78 is 0. The Balaban J connectivity index is 1.86. The van der Waals surface area contributed by atoms with Gasteiger partial charge in [0.05, 0.1) is 0 Å². The zero-order valence-corrected chi connectivity index (χ0v) is 11.3. The zero-order chi connectivity index (χ0) is 11.3. The summed E-state index contributed by atoms with van der Waals surface area (Å²) in [6.07, 6.45) is 11.6. The molecule has 1 aliphatic rings. The van der Waals surface area contributed by atoms with Crippen LogP contribution in [0.2, 0.25) is 0 Å². The van der Waals surface area contributed by atoms with E-state index in [9.17, 15) is 0 Å². The van der Waals surface area contributed by atoms with Crippen molar-refractivity contribution in [3.8, 4) is 0 Å². The summed E-state index contributed by atoms with van der Waals surface area (Å²) in [5, 5.41) is 0. The molecule has 15 heavy (non-hydrogen) atoms. The molecule has 0 aromatic rings. The molecule has 0 N–H and O–H groups in total. The largest absolute Gasteiger partial charge is 0.0651 e. The number of hydrogen-bond donors (Lipinski definition) is 0. The van der Waals surface area contributed by atoms with E-state index in [1.165, 1.54) is 51.4 Å². The van der Waals surface area contributed by atoms with Gasteiger partial charge in [-0.2, -0.15) is 0 Å². The van der Waals surface area contributed by atoms with E-state index < -0.39 is 0 Å². The minimum Gasteiger partial charge on any atom is -0.0651 e. The van der Waals surface area contributed by atoms with Crippen molar-refractivity contribution >= 4 is 0 Å². The molecule has 1 aliphatic carbocycles. The average Bonchev–Trinajstić information content (AvgIpc) is 2.80. The van der Waals surface area contributed by atoms with E-state index in [1.54, 1.807) is 0 Å². The smallest absolute Gasteiger partial charge is 0.0297 e. The van der Waals surface area contributed by atoms with E-state index in [0.29, 0.717) is 0 Å². The fourth-order valence-electron chi connectivity index (χ4n) is 2.57. The number of rotatable bonds is 8. The lowest BCUT2D eigenvalue weighted by molar-refractivity contribution is 0.426. The molecule has 0 amide bonds. The van der Waals surface area contributed by atoms with Crippen molar-refractivity contribution < 1.29 is 0 Å². The van der Waals surface area contributed by atoms with Gasteiger partial charge in [-0.15, -0.1) is 0 Å². The summed E-state index contributed by atoms with van der Waals surface area (Å²) in [5.41, 5.74) is 0.747. The highest BCUT2D eigenvalue weighted by atomic mass is 14.5. The Morgan fingerprint density at radius 2 is 1.80 bits per heavy atom. The van der Waals surface area contributed by atoms with Gasteiger partial charge in [0.15, 0.2) is 0 Å². The normalized spacial score (nSPS) is 31.6. The first-order valence-electron chi connectivity index (χ1n) is 7.08. The first-order valence-corrected chi connectivity index (χ1v) is 7.08. The van der Waals surface area contributed by atoms with Gasteiger partial charge < -0.3 is 0 Å². The van der Waals surface area contributed by atoms with Crippen molar-refractivity contribution in [2.45, 2.75) is 79.1 Å². The van der Waals surface area contributed by atoms with Gasteiger partial charge in [-0.25, -0.2) is 0 Å². The van der Waals surface area contributed by atoms with E-state index in [-0.39, 0.29) is 0 Å². The molecule has 0 aliphatic heterocycles. The van der Waals surface area contributed by atoms with Crippen molar-refractivity contribution in [2.75, 3.05) is 0 Å². The Bertz CT molecular complexity index is 173. The maximum Gasteiger partial charge on any atom is -0.0297 e. The van der Waals surface area contributed by atoms with Crippen molar-refractivity contribution in [3.63, 3.8) is 0 Å². The molecule has 0 heteroatoms. The third kappa shape index (κ3) is 4.57. The first-order chi connectivity index (χ1) is 7.08. The molecule has 0 aromatic carbocycles. The van der Waals surface area contributed by atoms with E-state index in [1.807, 2.05) is 0 Å². The van der Waals surface area contributed by atoms with Gasteiger partial charge in [0.1, 0.15) is 0 Å². The van der Waals surface area contributed by atoms with Crippen LogP contribution in [0.4, 0.5) is 0 Å². The highest BCUT2D eigenvalue weighted by Gasteiger charge is 2.45. The quantitative estimate of drug-likeness (QED) is 0.469. The van der Waals surface area contributed by atoms with Gasteiger partial charge in [-0.1, -0.05) is 66.2 Å². The minimum absolute atomic E-state index is 0.747. The fraction of sp³-hybridized carbons (Fsp3) is 1.00. The van der Waals surface area contributed by atoms with Crippen LogP contribution in [-0.2, 0) is 0 Å². The maximum atomic E-state index is 2.47. The Morgan fingerprint density at radius 3 is 2.33 bits per heavy atom. The fourth-order valence-corrected chi connectivity index (χ4v) is 2.57. The third-order valence-corrected chi connectivity index (χ3v) is 4.69. The van der Waals surface area contributed by atoms with Gasteiger partial charge in [0.25, 0.3) is 0 Å². The summed E-state index contributed by atoms with van der Waals surface area (Å²) in [6, 6.07) is 0. The molecule has 0 aromatic heterocycles. The van der Waals surface area contributed by atoms with Crippen molar-refractivity contribution in [3.05, 3.63) is 0 Å². The second-order valence-electron chi connectivity index (χ2n) is 6.23. The monoisotopic (exact) mass is 210 g/mol. The molecule has 1 saturated carbocycles. The molecular weight excluding hydrogens is 180 g/mol. The predicted molar refractivity (Wildman–Crippen MR) is 69.0 cm³/mol. The SMILES string of the molecule is CCC(C)CCCCCCC1(C)CC1C. The molecule has 0 nitrogen and oxygen atoms in total. The van der Waals surface area contributed by atoms with Gasteiger partial charge in [0.2, 0.25) is 0 Å². The van der Waals surface area contributed by atoms with Crippen LogP contribution >= 0.6 is 0 Å². The van der Waals surface area contributed by atoms with Gasteiger partial charge in [0, 0.05) is 0 Å². The molecule has 0 heterocycles. The van der Waals surface area contributed by atoms with E-state index in [2.05, 4.69) is 27.7 Å². The van der Waals surface area contributed by atoms with Crippen LogP contribution in [0, 0.1) is 17.3 Å². The first kappa shape index (κ1) is 13.1. The molecule has 3 unspecified atom stereocenters. The van der Waals surface area contributed by atoms with Crippen LogP contribution in [0.3, 0.4) is 0 Å². The van der Waals surface area contributed by atoms with Gasteiger partial charge >= 0.3 is 0 Å². The lowest BCUT2D eigenvalue weighted by Gasteiger charge is -2.10. The van der Waals surface area contributed by atoms with Crippen LogP contribution < -0.4 is 0 Å². The molecule has 1 rings (SSSR count). The lowest BCUT2D eigenvalue weighted by atomic mass is 9.96. The van der Waals surface area contributed by atoms with Gasteiger partial charge in [-0.3, -0.25) is 0 Å². The van der Waals surface area contributed by atoms with Crippen molar-refractivity contribution in [1.82, 2.24) is 0 Å². The van der Waals surface area contributed by atoms with Crippen LogP contribution in [0.15, 0.2) is 0 Å². The summed E-state index contributed by atoms with van der Waals surface area (Å²) in [5.74, 6) is 1.96. The molecular formula is C15H30. The van der Waals surface area contributed by atoms with Crippen LogP contribution in [0.5, 0.6) is 0 Å². The molecule has 3 atom stereocenters. The summed E-state index contributed by atoms with van der Waals surface area (Å²) in [4.78, 5) is 0. The van der Waals surface area contributed by atoms with Crippen LogP contribution in [0.25, 0.3) is 0 Å². The predicted octanol–water partition coefficient (Wildman–Crippen LogP) is 5.42. The molecule has 0 spiro atoms. The summed E-state index contributed by atoms with van der Waals surface area (Å²) in [6.45, 7) is 9.56. The molecule has 1 fully saturated rings. The van der Waals surface area contributed by atoms with E-state index in [4.69, 9.17) is 0 Å². The maximum absolute atomic E-state index is 2.47. The molecule has 0 radical (unpaired) electrons. The Labute approximate surface area is 96.8 Å². The highest BCUT2D eigenvalue weighted by Crippen LogP contribution is 2.55. The molecule has 90 valence electrons. The highest BCUT2D eigenvalue weighted by molar-refractivity contribution is 4.95. The Morgan fingerprint density at radius 1 is 1.20 bits per heavy atom. The second kappa shape index (κ2) is 5.92. The second-order valence-corrected chi connectivity index (χ2v) is 6.23. The standard InChI is InChI=1S/C15H30/c1-5-13(2)10-8-6-7-9-11-15(4)12-14(15)3/h13-14H,5-12H2,1-4H3. The minimum atomic E-state index is 0.747. The number of unbranched alkanes of at least 4 members (excludes halogenated alkanes) is 3. The molecule has 0 saturated heterocycles. The van der Waals surface area contributed by atoms with Crippen LogP contribution in [-0.4, -0.2) is 0 Å². The van der Waals surface area contributed by atoms with Crippen molar-refractivity contribution in [1.29, 1.82) is 0 Å². The Kier molecular flexibility index (Phi) is 5.15. The number of hydrogen-bond acceptors (Lipinski definition) is 0. The van der Waals surface area contributed by atoms with E-state index >= 15 is 0 Å². The zero-order valence-electron chi connectivity index (χ0n) is 11.3. The summed E-state index contributed by atoms with van der Waals surface area (Å²) >= 11 is 0. The van der Waals surface area contributed by atoms with Crippen LogP contribution in [0.1, 0.15) is 79.1 Å².